The lowest BCUT2D eigenvalue weighted by Gasteiger charge is -2.20. The normalized spacial score (nSPS) is 12.6. The van der Waals surface area contributed by atoms with Gasteiger partial charge >= 0.3 is 0 Å². The number of hydrogen-bond donors (Lipinski definition) is 1. The predicted octanol–water partition coefficient (Wildman–Crippen LogP) is 2.79. The van der Waals surface area contributed by atoms with Crippen LogP contribution >= 0.6 is 0 Å². The molecule has 1 aromatic heterocycles. The van der Waals surface area contributed by atoms with E-state index in [2.05, 4.69) is 10.4 Å². The molecule has 5 heteroatoms. The summed E-state index contributed by atoms with van der Waals surface area (Å²) in [6.07, 6.45) is 2.55. The minimum absolute atomic E-state index is 0.303. The molecule has 1 atom stereocenters. The van der Waals surface area contributed by atoms with Gasteiger partial charge in [-0.15, -0.1) is 0 Å². The van der Waals surface area contributed by atoms with Gasteiger partial charge in [-0.2, -0.15) is 5.10 Å². The van der Waals surface area contributed by atoms with Gasteiger partial charge in [-0.1, -0.05) is 19.1 Å². The van der Waals surface area contributed by atoms with E-state index in [-0.39, 0.29) is 0 Å². The molecule has 1 N–H and O–H groups in total. The second kappa shape index (κ2) is 5.93. The molecular weight excluding hydrogens is 248 g/mol. The van der Waals surface area contributed by atoms with Crippen LogP contribution in [0.3, 0.4) is 0 Å². The van der Waals surface area contributed by atoms with Gasteiger partial charge in [0.25, 0.3) is 0 Å². The molecule has 0 spiro atoms. The van der Waals surface area contributed by atoms with Gasteiger partial charge < -0.3 is 5.32 Å². The van der Waals surface area contributed by atoms with Crippen molar-refractivity contribution in [3.8, 4) is 0 Å². The van der Waals surface area contributed by atoms with Crippen molar-refractivity contribution < 1.29 is 8.78 Å². The highest BCUT2D eigenvalue weighted by Crippen LogP contribution is 2.25. The number of hydrogen-bond acceptors (Lipinski definition) is 2. The van der Waals surface area contributed by atoms with Gasteiger partial charge in [0.2, 0.25) is 0 Å². The zero-order chi connectivity index (χ0) is 13.8. The Kier molecular flexibility index (Phi) is 4.27. The Balaban J connectivity index is 2.43. The second-order valence-electron chi connectivity index (χ2n) is 4.41. The minimum atomic E-state index is -0.831. The fourth-order valence-corrected chi connectivity index (χ4v) is 2.07. The van der Waals surface area contributed by atoms with E-state index in [0.29, 0.717) is 12.1 Å². The summed E-state index contributed by atoms with van der Waals surface area (Å²) in [6.45, 7) is 2.74. The quantitative estimate of drug-likeness (QED) is 0.901. The summed E-state index contributed by atoms with van der Waals surface area (Å²) < 4.78 is 29.0. The molecule has 0 aliphatic carbocycles. The SMILES string of the molecule is CCCNC(c1cccc(F)c1F)c1ccnn1C. The third-order valence-electron chi connectivity index (χ3n) is 3.05. The molecule has 0 aliphatic heterocycles. The third-order valence-corrected chi connectivity index (χ3v) is 3.05. The highest BCUT2D eigenvalue weighted by Gasteiger charge is 2.21. The van der Waals surface area contributed by atoms with Crippen molar-refractivity contribution in [2.75, 3.05) is 6.54 Å². The third kappa shape index (κ3) is 2.81. The van der Waals surface area contributed by atoms with Crippen molar-refractivity contribution in [3.05, 3.63) is 53.4 Å². The first-order valence-corrected chi connectivity index (χ1v) is 6.30. The molecular formula is C14H17F2N3. The fourth-order valence-electron chi connectivity index (χ4n) is 2.07. The van der Waals surface area contributed by atoms with Crippen LogP contribution in [0.4, 0.5) is 8.78 Å². The van der Waals surface area contributed by atoms with Crippen molar-refractivity contribution in [2.24, 2.45) is 7.05 Å². The maximum absolute atomic E-state index is 14.0. The Morgan fingerprint density at radius 1 is 1.32 bits per heavy atom. The number of aromatic nitrogens is 2. The van der Waals surface area contributed by atoms with Crippen molar-refractivity contribution in [2.45, 2.75) is 19.4 Å². The van der Waals surface area contributed by atoms with Crippen LogP contribution < -0.4 is 5.32 Å². The number of halogens is 2. The molecule has 102 valence electrons. The molecule has 1 unspecified atom stereocenters. The Labute approximate surface area is 111 Å². The zero-order valence-electron chi connectivity index (χ0n) is 11.0. The monoisotopic (exact) mass is 265 g/mol. The minimum Gasteiger partial charge on any atom is -0.305 e. The predicted molar refractivity (Wildman–Crippen MR) is 69.7 cm³/mol. The van der Waals surface area contributed by atoms with Crippen molar-refractivity contribution in [1.82, 2.24) is 15.1 Å². The van der Waals surface area contributed by atoms with Crippen LogP contribution in [0.1, 0.15) is 30.6 Å². The average molecular weight is 265 g/mol. The number of rotatable bonds is 5. The first-order chi connectivity index (χ1) is 9.15. The molecule has 0 fully saturated rings. The molecule has 2 rings (SSSR count). The molecule has 0 aliphatic rings. The molecule has 0 radical (unpaired) electrons. The van der Waals surface area contributed by atoms with Gasteiger partial charge in [-0.05, 0) is 25.1 Å². The van der Waals surface area contributed by atoms with Crippen LogP contribution in [0.2, 0.25) is 0 Å². The van der Waals surface area contributed by atoms with E-state index < -0.39 is 17.7 Å². The van der Waals surface area contributed by atoms with Gasteiger partial charge in [-0.3, -0.25) is 4.68 Å². The Bertz CT molecular complexity index is 551. The van der Waals surface area contributed by atoms with E-state index in [1.165, 1.54) is 6.07 Å². The lowest BCUT2D eigenvalue weighted by atomic mass is 10.0. The zero-order valence-corrected chi connectivity index (χ0v) is 11.0. The summed E-state index contributed by atoms with van der Waals surface area (Å²) in [5.74, 6) is -1.64. The van der Waals surface area contributed by atoms with Crippen LogP contribution in [-0.2, 0) is 7.05 Å². The van der Waals surface area contributed by atoms with E-state index in [4.69, 9.17) is 0 Å². The largest absolute Gasteiger partial charge is 0.305 e. The molecule has 2 aromatic rings. The van der Waals surface area contributed by atoms with E-state index in [9.17, 15) is 8.78 Å². The Hall–Kier alpha value is -1.75. The van der Waals surface area contributed by atoms with Crippen molar-refractivity contribution >= 4 is 0 Å². The number of benzene rings is 1. The number of nitrogens with zero attached hydrogens (tertiary/aromatic N) is 2. The lowest BCUT2D eigenvalue weighted by molar-refractivity contribution is 0.472. The van der Waals surface area contributed by atoms with Crippen LogP contribution in [0.25, 0.3) is 0 Å². The summed E-state index contributed by atoms with van der Waals surface area (Å²) in [7, 11) is 1.78. The van der Waals surface area contributed by atoms with Crippen LogP contribution in [0, 0.1) is 11.6 Å². The molecule has 19 heavy (non-hydrogen) atoms. The molecule has 1 aromatic carbocycles. The molecule has 1 heterocycles. The van der Waals surface area contributed by atoms with E-state index in [0.717, 1.165) is 18.2 Å². The summed E-state index contributed by atoms with van der Waals surface area (Å²) in [5.41, 5.74) is 1.11. The van der Waals surface area contributed by atoms with Gasteiger partial charge in [0.05, 0.1) is 11.7 Å². The summed E-state index contributed by atoms with van der Waals surface area (Å²) in [6, 6.07) is 5.64. The van der Waals surface area contributed by atoms with Crippen LogP contribution in [0.15, 0.2) is 30.5 Å². The highest BCUT2D eigenvalue weighted by molar-refractivity contribution is 5.29. The summed E-state index contributed by atoms with van der Waals surface area (Å²) >= 11 is 0. The smallest absolute Gasteiger partial charge is 0.163 e. The van der Waals surface area contributed by atoms with Crippen molar-refractivity contribution in [1.29, 1.82) is 0 Å². The fraction of sp³-hybridized carbons (Fsp3) is 0.357. The lowest BCUT2D eigenvalue weighted by Crippen LogP contribution is -2.26. The van der Waals surface area contributed by atoms with E-state index >= 15 is 0 Å². The van der Waals surface area contributed by atoms with E-state index in [1.54, 1.807) is 30.1 Å². The number of nitrogens with one attached hydrogen (secondary N) is 1. The maximum Gasteiger partial charge on any atom is 0.163 e. The molecule has 0 bridgehead atoms. The van der Waals surface area contributed by atoms with Crippen molar-refractivity contribution in [3.63, 3.8) is 0 Å². The molecule has 0 saturated carbocycles. The molecule has 0 saturated heterocycles. The van der Waals surface area contributed by atoms with Gasteiger partial charge in [0, 0.05) is 18.8 Å². The standard InChI is InChI=1S/C14H17F2N3/c1-3-8-17-14(12-7-9-18-19(12)2)10-5-4-6-11(15)13(10)16/h4-7,9,14,17H,3,8H2,1-2H3. The Morgan fingerprint density at radius 2 is 2.11 bits per heavy atom. The topological polar surface area (TPSA) is 29.9 Å². The molecule has 3 nitrogen and oxygen atoms in total. The van der Waals surface area contributed by atoms with E-state index in [1.807, 2.05) is 6.92 Å². The first kappa shape index (κ1) is 13.7. The van der Waals surface area contributed by atoms with Gasteiger partial charge in [0.1, 0.15) is 0 Å². The van der Waals surface area contributed by atoms with Gasteiger partial charge in [-0.25, -0.2) is 8.78 Å². The van der Waals surface area contributed by atoms with Gasteiger partial charge in [0.15, 0.2) is 11.6 Å². The maximum atomic E-state index is 14.0. The summed E-state index contributed by atoms with van der Waals surface area (Å²) in [4.78, 5) is 0. The number of aryl methyl sites for hydroxylation is 1. The second-order valence-corrected chi connectivity index (χ2v) is 4.41. The Morgan fingerprint density at radius 3 is 2.74 bits per heavy atom. The molecule has 0 amide bonds. The highest BCUT2D eigenvalue weighted by atomic mass is 19.2. The average Bonchev–Trinajstić information content (AvgIpc) is 2.81. The van der Waals surface area contributed by atoms with Crippen LogP contribution in [-0.4, -0.2) is 16.3 Å². The van der Waals surface area contributed by atoms with Crippen LogP contribution in [0.5, 0.6) is 0 Å². The first-order valence-electron chi connectivity index (χ1n) is 6.30. The summed E-state index contributed by atoms with van der Waals surface area (Å²) in [5, 5.41) is 7.31.